The Labute approximate surface area is 222 Å². The monoisotopic (exact) mass is 510 g/mol. The van der Waals surface area contributed by atoms with Gasteiger partial charge in [0.05, 0.1) is 24.8 Å². The molecule has 0 fully saturated rings. The second kappa shape index (κ2) is 12.5. The third-order valence-electron chi connectivity index (χ3n) is 6.22. The van der Waals surface area contributed by atoms with Crippen LogP contribution < -0.4 is 10.1 Å². The maximum atomic E-state index is 13.3. The maximum absolute atomic E-state index is 13.3. The van der Waals surface area contributed by atoms with Gasteiger partial charge >= 0.3 is 5.97 Å². The van der Waals surface area contributed by atoms with E-state index in [0.717, 1.165) is 17.5 Å². The van der Waals surface area contributed by atoms with Crippen LogP contribution in [0.4, 0.5) is 0 Å². The van der Waals surface area contributed by atoms with Crippen molar-refractivity contribution in [1.29, 1.82) is 0 Å². The van der Waals surface area contributed by atoms with E-state index < -0.39 is 5.97 Å². The molecule has 3 aromatic rings. The molecule has 0 atom stereocenters. The van der Waals surface area contributed by atoms with Crippen molar-refractivity contribution in [2.75, 3.05) is 20.3 Å². The molecule has 0 aliphatic carbocycles. The Bertz CT molecular complexity index is 1350. The van der Waals surface area contributed by atoms with Gasteiger partial charge in [0.25, 0.3) is 11.8 Å². The molecule has 0 unspecified atom stereocenters. The van der Waals surface area contributed by atoms with E-state index in [9.17, 15) is 14.4 Å². The lowest BCUT2D eigenvalue weighted by Gasteiger charge is -2.17. The molecule has 7 nitrogen and oxygen atoms in total. The van der Waals surface area contributed by atoms with Crippen molar-refractivity contribution in [1.82, 2.24) is 10.2 Å². The first-order valence-electron chi connectivity index (χ1n) is 12.4. The van der Waals surface area contributed by atoms with Crippen LogP contribution in [0.15, 0.2) is 102 Å². The lowest BCUT2D eigenvalue weighted by Crippen LogP contribution is -2.30. The van der Waals surface area contributed by atoms with E-state index in [0.29, 0.717) is 30.1 Å². The number of amides is 2. The summed E-state index contributed by atoms with van der Waals surface area (Å²) >= 11 is 0. The van der Waals surface area contributed by atoms with Crippen LogP contribution in [0.1, 0.15) is 23.6 Å². The SMILES string of the molecule is COC(=O)C1=C(C)N(Cc2ccccc2)C(=O)/C1=C\c1ccc(OCC(=O)NCCc2ccccc2)cc1. The highest BCUT2D eigenvalue weighted by molar-refractivity contribution is 6.16. The van der Waals surface area contributed by atoms with Gasteiger partial charge in [-0.3, -0.25) is 9.59 Å². The number of carbonyl (C=O) groups is 3. The van der Waals surface area contributed by atoms with Crippen LogP contribution in [0, 0.1) is 0 Å². The molecule has 0 spiro atoms. The zero-order chi connectivity index (χ0) is 26.9. The molecular formula is C31H30N2O5. The fraction of sp³-hybridized carbons (Fsp3) is 0.194. The van der Waals surface area contributed by atoms with Crippen molar-refractivity contribution in [2.45, 2.75) is 19.9 Å². The Morgan fingerprint density at radius 2 is 1.53 bits per heavy atom. The molecule has 3 aromatic carbocycles. The van der Waals surface area contributed by atoms with Gasteiger partial charge in [-0.15, -0.1) is 0 Å². The van der Waals surface area contributed by atoms with E-state index in [-0.39, 0.29) is 29.6 Å². The van der Waals surface area contributed by atoms with E-state index in [1.54, 1.807) is 42.2 Å². The van der Waals surface area contributed by atoms with Crippen LogP contribution in [0.3, 0.4) is 0 Å². The number of hydrogen-bond acceptors (Lipinski definition) is 5. The molecule has 2 amide bonds. The predicted octanol–water partition coefficient (Wildman–Crippen LogP) is 4.30. The maximum Gasteiger partial charge on any atom is 0.340 e. The Morgan fingerprint density at radius 3 is 2.16 bits per heavy atom. The summed E-state index contributed by atoms with van der Waals surface area (Å²) in [7, 11) is 1.30. The van der Waals surface area contributed by atoms with E-state index in [4.69, 9.17) is 9.47 Å². The first-order chi connectivity index (χ1) is 18.5. The highest BCUT2D eigenvalue weighted by Crippen LogP contribution is 2.33. The molecule has 1 heterocycles. The fourth-order valence-corrected chi connectivity index (χ4v) is 4.20. The third kappa shape index (κ3) is 6.56. The summed E-state index contributed by atoms with van der Waals surface area (Å²) in [6, 6.07) is 26.5. The Hall–Kier alpha value is -4.65. The molecule has 4 rings (SSSR count). The van der Waals surface area contributed by atoms with Crippen molar-refractivity contribution in [2.24, 2.45) is 0 Å². The van der Waals surface area contributed by atoms with E-state index in [1.165, 1.54) is 7.11 Å². The van der Waals surface area contributed by atoms with Gasteiger partial charge in [0.2, 0.25) is 0 Å². The molecule has 0 saturated heterocycles. The number of allylic oxidation sites excluding steroid dienone is 1. The summed E-state index contributed by atoms with van der Waals surface area (Å²) in [6.07, 6.45) is 2.42. The standard InChI is InChI=1S/C31H30N2O5/c1-22-29(31(36)37-2)27(30(35)33(22)20-25-11-7-4-8-12-25)19-24-13-15-26(16-14-24)38-21-28(34)32-18-17-23-9-5-3-6-10-23/h3-16,19H,17-18,20-21H2,1-2H3,(H,32,34)/b27-19-. The smallest absolute Gasteiger partial charge is 0.340 e. The normalized spacial score (nSPS) is 14.1. The highest BCUT2D eigenvalue weighted by Gasteiger charge is 2.36. The summed E-state index contributed by atoms with van der Waals surface area (Å²) in [5, 5.41) is 2.85. The van der Waals surface area contributed by atoms with Gasteiger partial charge in [0.1, 0.15) is 5.75 Å². The number of benzene rings is 3. The Balaban J connectivity index is 1.39. The lowest BCUT2D eigenvalue weighted by atomic mass is 10.0. The van der Waals surface area contributed by atoms with Gasteiger partial charge in [0.15, 0.2) is 6.61 Å². The number of rotatable bonds is 10. The van der Waals surface area contributed by atoms with Crippen LogP contribution in [0.5, 0.6) is 5.75 Å². The Kier molecular flexibility index (Phi) is 8.72. The second-order valence-corrected chi connectivity index (χ2v) is 8.83. The molecule has 0 saturated carbocycles. The number of nitrogens with zero attached hydrogens (tertiary/aromatic N) is 1. The van der Waals surface area contributed by atoms with Gasteiger partial charge in [-0.2, -0.15) is 0 Å². The van der Waals surface area contributed by atoms with Crippen LogP contribution in [-0.2, 0) is 32.1 Å². The summed E-state index contributed by atoms with van der Waals surface area (Å²) in [5.41, 5.74) is 3.90. The minimum absolute atomic E-state index is 0.101. The number of ether oxygens (including phenoxy) is 2. The minimum atomic E-state index is -0.559. The van der Waals surface area contributed by atoms with E-state index in [2.05, 4.69) is 5.32 Å². The molecule has 1 aliphatic heterocycles. The lowest BCUT2D eigenvalue weighted by molar-refractivity contribution is -0.136. The van der Waals surface area contributed by atoms with Crippen molar-refractivity contribution >= 4 is 23.9 Å². The van der Waals surface area contributed by atoms with Crippen LogP contribution in [-0.4, -0.2) is 42.9 Å². The molecular weight excluding hydrogens is 480 g/mol. The molecule has 194 valence electrons. The van der Waals surface area contributed by atoms with Crippen molar-refractivity contribution < 1.29 is 23.9 Å². The number of nitrogens with one attached hydrogen (secondary N) is 1. The van der Waals surface area contributed by atoms with Crippen LogP contribution in [0.2, 0.25) is 0 Å². The summed E-state index contributed by atoms with van der Waals surface area (Å²) in [4.78, 5) is 39.6. The zero-order valence-electron chi connectivity index (χ0n) is 21.5. The average molecular weight is 511 g/mol. The fourth-order valence-electron chi connectivity index (χ4n) is 4.20. The van der Waals surface area contributed by atoms with Crippen molar-refractivity contribution in [3.63, 3.8) is 0 Å². The first kappa shape index (κ1) is 26.4. The van der Waals surface area contributed by atoms with Gasteiger partial charge < -0.3 is 19.7 Å². The van der Waals surface area contributed by atoms with Gasteiger partial charge in [-0.25, -0.2) is 4.79 Å². The summed E-state index contributed by atoms with van der Waals surface area (Å²) in [6.45, 7) is 2.53. The molecule has 1 N–H and O–H groups in total. The minimum Gasteiger partial charge on any atom is -0.484 e. The third-order valence-corrected chi connectivity index (χ3v) is 6.22. The van der Waals surface area contributed by atoms with Crippen LogP contribution in [0.25, 0.3) is 6.08 Å². The average Bonchev–Trinajstić information content (AvgIpc) is 3.17. The number of hydrogen-bond donors (Lipinski definition) is 1. The van der Waals surface area contributed by atoms with Gasteiger partial charge in [-0.05, 0) is 48.2 Å². The molecule has 0 radical (unpaired) electrons. The summed E-state index contributed by atoms with van der Waals surface area (Å²) < 4.78 is 10.6. The number of methoxy groups -OCH3 is 1. The molecule has 1 aliphatic rings. The highest BCUT2D eigenvalue weighted by atomic mass is 16.5. The molecule has 0 aromatic heterocycles. The molecule has 7 heteroatoms. The topological polar surface area (TPSA) is 84.9 Å². The Morgan fingerprint density at radius 1 is 0.895 bits per heavy atom. The largest absolute Gasteiger partial charge is 0.484 e. The summed E-state index contributed by atoms with van der Waals surface area (Å²) in [5.74, 6) is -0.505. The van der Waals surface area contributed by atoms with Crippen LogP contribution >= 0.6 is 0 Å². The molecule has 38 heavy (non-hydrogen) atoms. The van der Waals surface area contributed by atoms with E-state index in [1.807, 2.05) is 60.7 Å². The van der Waals surface area contributed by atoms with Crippen molar-refractivity contribution in [3.05, 3.63) is 118 Å². The van der Waals surface area contributed by atoms with Crippen molar-refractivity contribution in [3.8, 4) is 5.75 Å². The molecule has 0 bridgehead atoms. The zero-order valence-corrected chi connectivity index (χ0v) is 21.5. The van der Waals surface area contributed by atoms with E-state index >= 15 is 0 Å². The number of esters is 1. The van der Waals surface area contributed by atoms with Gasteiger partial charge in [-0.1, -0.05) is 72.8 Å². The van der Waals surface area contributed by atoms with Gasteiger partial charge in [0, 0.05) is 12.2 Å². The quantitative estimate of drug-likeness (QED) is 0.325. The first-order valence-corrected chi connectivity index (χ1v) is 12.4. The number of carbonyl (C=O) groups excluding carboxylic acids is 3. The predicted molar refractivity (Wildman–Crippen MR) is 145 cm³/mol. The second-order valence-electron chi connectivity index (χ2n) is 8.83.